The number of aryl methyl sites for hydroxylation is 2. The number of imidazole rings is 1. The number of rotatable bonds is 1. The van der Waals surface area contributed by atoms with E-state index >= 15 is 0 Å². The Labute approximate surface area is 108 Å². The largest absolute Gasteiger partial charge is 0.352 e. The molecule has 2 aromatic heterocycles. The second kappa shape index (κ2) is 4.26. The van der Waals surface area contributed by atoms with Gasteiger partial charge in [-0.05, 0) is 39.2 Å². The van der Waals surface area contributed by atoms with Crippen LogP contribution in [0.15, 0.2) is 12.3 Å². The number of hydrogen-bond donors (Lipinski definition) is 0. The fraction of sp³-hybridized carbons (Fsp3) is 0.571. The molecule has 1 saturated heterocycles. The van der Waals surface area contributed by atoms with E-state index in [1.54, 1.807) is 0 Å². The van der Waals surface area contributed by atoms with Crippen LogP contribution in [-0.2, 0) is 7.05 Å². The van der Waals surface area contributed by atoms with Crippen LogP contribution in [0.5, 0.6) is 0 Å². The molecule has 3 rings (SSSR count). The fourth-order valence-corrected chi connectivity index (χ4v) is 2.85. The summed E-state index contributed by atoms with van der Waals surface area (Å²) in [5.41, 5.74) is 2.22. The Hall–Kier alpha value is -1.58. The fourth-order valence-electron chi connectivity index (χ4n) is 2.85. The Bertz CT molecular complexity index is 572. The minimum atomic E-state index is 0.569. The van der Waals surface area contributed by atoms with Crippen molar-refractivity contribution in [3.05, 3.63) is 18.1 Å². The molecule has 4 nitrogen and oxygen atoms in total. The Balaban J connectivity index is 2.13. The van der Waals surface area contributed by atoms with E-state index in [-0.39, 0.29) is 0 Å². The van der Waals surface area contributed by atoms with Gasteiger partial charge in [-0.3, -0.25) is 0 Å². The van der Waals surface area contributed by atoms with Crippen LogP contribution in [0.2, 0.25) is 0 Å². The van der Waals surface area contributed by atoms with E-state index in [2.05, 4.69) is 33.4 Å². The summed E-state index contributed by atoms with van der Waals surface area (Å²) in [6.07, 6.45) is 5.74. The first-order chi connectivity index (χ1) is 8.68. The molecule has 0 aliphatic carbocycles. The maximum absolute atomic E-state index is 4.68. The standard InChI is InChI=1S/C14H20N4/c1-10-6-4-5-9-18(10)14-13-12(7-8-15-14)17(3)11(2)16-13/h7-8,10H,4-6,9H2,1-3H3. The van der Waals surface area contributed by atoms with Gasteiger partial charge in [-0.25, -0.2) is 9.97 Å². The molecule has 0 saturated carbocycles. The summed E-state index contributed by atoms with van der Waals surface area (Å²) in [6, 6.07) is 2.62. The van der Waals surface area contributed by atoms with Gasteiger partial charge < -0.3 is 9.47 Å². The van der Waals surface area contributed by atoms with Gasteiger partial charge in [0.1, 0.15) is 11.3 Å². The topological polar surface area (TPSA) is 34.0 Å². The first-order valence-electron chi connectivity index (χ1n) is 6.73. The number of aromatic nitrogens is 3. The van der Waals surface area contributed by atoms with Crippen molar-refractivity contribution < 1.29 is 0 Å². The summed E-state index contributed by atoms with van der Waals surface area (Å²) >= 11 is 0. The van der Waals surface area contributed by atoms with Crippen molar-refractivity contribution in [3.63, 3.8) is 0 Å². The third-order valence-electron chi connectivity index (χ3n) is 4.08. The predicted octanol–water partition coefficient (Wildman–Crippen LogP) is 2.66. The number of hydrogen-bond acceptors (Lipinski definition) is 3. The number of nitrogens with zero attached hydrogens (tertiary/aromatic N) is 4. The van der Waals surface area contributed by atoms with Gasteiger partial charge >= 0.3 is 0 Å². The summed E-state index contributed by atoms with van der Waals surface area (Å²) < 4.78 is 2.13. The van der Waals surface area contributed by atoms with Crippen LogP contribution in [0.1, 0.15) is 32.0 Å². The number of fused-ring (bicyclic) bond motifs is 1. The molecule has 4 heteroatoms. The van der Waals surface area contributed by atoms with Crippen LogP contribution in [0.3, 0.4) is 0 Å². The van der Waals surface area contributed by atoms with Crippen LogP contribution in [-0.4, -0.2) is 27.1 Å². The van der Waals surface area contributed by atoms with E-state index < -0.39 is 0 Å². The molecule has 0 aromatic carbocycles. The van der Waals surface area contributed by atoms with Crippen molar-refractivity contribution >= 4 is 16.9 Å². The van der Waals surface area contributed by atoms with Crippen molar-refractivity contribution in [2.24, 2.45) is 7.05 Å². The first kappa shape index (κ1) is 11.5. The third kappa shape index (κ3) is 1.67. The highest BCUT2D eigenvalue weighted by atomic mass is 15.2. The second-order valence-electron chi connectivity index (χ2n) is 5.26. The molecule has 0 radical (unpaired) electrons. The van der Waals surface area contributed by atoms with Gasteiger partial charge in [0, 0.05) is 25.8 Å². The van der Waals surface area contributed by atoms with Crippen molar-refractivity contribution in [1.82, 2.24) is 14.5 Å². The van der Waals surface area contributed by atoms with E-state index in [9.17, 15) is 0 Å². The first-order valence-corrected chi connectivity index (χ1v) is 6.73. The summed E-state index contributed by atoms with van der Waals surface area (Å²) in [7, 11) is 2.06. The zero-order valence-corrected chi connectivity index (χ0v) is 11.3. The van der Waals surface area contributed by atoms with Gasteiger partial charge in [0.2, 0.25) is 0 Å². The minimum Gasteiger partial charge on any atom is -0.352 e. The molecular weight excluding hydrogens is 224 g/mol. The predicted molar refractivity (Wildman–Crippen MR) is 73.9 cm³/mol. The molecule has 1 atom stereocenters. The molecule has 0 amide bonds. The van der Waals surface area contributed by atoms with E-state index in [0.717, 1.165) is 23.7 Å². The monoisotopic (exact) mass is 244 g/mol. The molecule has 1 fully saturated rings. The zero-order valence-electron chi connectivity index (χ0n) is 11.3. The summed E-state index contributed by atoms with van der Waals surface area (Å²) in [5, 5.41) is 0. The molecule has 0 spiro atoms. The summed E-state index contributed by atoms with van der Waals surface area (Å²) in [6.45, 7) is 5.43. The molecule has 3 heterocycles. The van der Waals surface area contributed by atoms with Crippen LogP contribution >= 0.6 is 0 Å². The molecule has 0 N–H and O–H groups in total. The van der Waals surface area contributed by atoms with Gasteiger partial charge in [-0.1, -0.05) is 0 Å². The smallest absolute Gasteiger partial charge is 0.156 e. The molecule has 18 heavy (non-hydrogen) atoms. The lowest BCUT2D eigenvalue weighted by Gasteiger charge is -2.34. The minimum absolute atomic E-state index is 0.569. The Morgan fingerprint density at radius 2 is 2.17 bits per heavy atom. The Morgan fingerprint density at radius 1 is 1.33 bits per heavy atom. The van der Waals surface area contributed by atoms with Crippen LogP contribution in [0, 0.1) is 6.92 Å². The van der Waals surface area contributed by atoms with E-state index in [4.69, 9.17) is 0 Å². The SMILES string of the molecule is Cc1nc2c(N3CCCCC3C)nccc2n1C. The highest BCUT2D eigenvalue weighted by Crippen LogP contribution is 2.29. The molecular formula is C14H20N4. The molecule has 2 aromatic rings. The Kier molecular flexibility index (Phi) is 2.73. The maximum Gasteiger partial charge on any atom is 0.156 e. The molecule has 1 unspecified atom stereocenters. The van der Waals surface area contributed by atoms with Gasteiger partial charge in [0.15, 0.2) is 5.82 Å². The quantitative estimate of drug-likeness (QED) is 0.773. The molecule has 0 bridgehead atoms. The molecule has 96 valence electrons. The van der Waals surface area contributed by atoms with Crippen LogP contribution < -0.4 is 4.90 Å². The van der Waals surface area contributed by atoms with Gasteiger partial charge in [0.25, 0.3) is 0 Å². The number of pyridine rings is 1. The average Bonchev–Trinajstić information content (AvgIpc) is 2.67. The highest BCUT2D eigenvalue weighted by Gasteiger charge is 2.22. The third-order valence-corrected chi connectivity index (χ3v) is 4.08. The molecule has 1 aliphatic rings. The van der Waals surface area contributed by atoms with Crippen LogP contribution in [0.4, 0.5) is 5.82 Å². The van der Waals surface area contributed by atoms with Crippen molar-refractivity contribution in [3.8, 4) is 0 Å². The van der Waals surface area contributed by atoms with Crippen LogP contribution in [0.25, 0.3) is 11.0 Å². The second-order valence-corrected chi connectivity index (χ2v) is 5.26. The summed E-state index contributed by atoms with van der Waals surface area (Å²) in [4.78, 5) is 11.7. The lowest BCUT2D eigenvalue weighted by Crippen LogP contribution is -2.38. The Morgan fingerprint density at radius 3 is 2.94 bits per heavy atom. The van der Waals surface area contributed by atoms with Gasteiger partial charge in [-0.2, -0.15) is 0 Å². The molecule has 1 aliphatic heterocycles. The highest BCUT2D eigenvalue weighted by molar-refractivity contribution is 5.87. The lowest BCUT2D eigenvalue weighted by molar-refractivity contribution is 0.482. The summed E-state index contributed by atoms with van der Waals surface area (Å²) in [5.74, 6) is 2.10. The normalized spacial score (nSPS) is 20.6. The lowest BCUT2D eigenvalue weighted by atomic mass is 10.0. The number of piperidine rings is 1. The van der Waals surface area contributed by atoms with E-state index in [0.29, 0.717) is 6.04 Å². The van der Waals surface area contributed by atoms with Gasteiger partial charge in [-0.15, -0.1) is 0 Å². The number of anilines is 1. The van der Waals surface area contributed by atoms with Crippen molar-refractivity contribution in [1.29, 1.82) is 0 Å². The van der Waals surface area contributed by atoms with E-state index in [1.807, 2.05) is 19.2 Å². The average molecular weight is 244 g/mol. The van der Waals surface area contributed by atoms with Crippen molar-refractivity contribution in [2.45, 2.75) is 39.2 Å². The van der Waals surface area contributed by atoms with Crippen molar-refractivity contribution in [2.75, 3.05) is 11.4 Å². The van der Waals surface area contributed by atoms with E-state index in [1.165, 1.54) is 24.8 Å². The van der Waals surface area contributed by atoms with Gasteiger partial charge in [0.05, 0.1) is 5.52 Å². The zero-order chi connectivity index (χ0) is 12.7. The maximum atomic E-state index is 4.68.